The molecule has 0 N–H and O–H groups in total. The smallest absolute Gasteiger partial charge is 0.248 e. The fraction of sp³-hybridized carbons (Fsp3) is 0.375. The minimum absolute atomic E-state index is 0.125. The van der Waals surface area contributed by atoms with Gasteiger partial charge in [0.1, 0.15) is 0 Å². The summed E-state index contributed by atoms with van der Waals surface area (Å²) >= 11 is 5.99. The van der Waals surface area contributed by atoms with Gasteiger partial charge in [-0.3, -0.25) is 4.79 Å². The fourth-order valence-corrected chi connectivity index (χ4v) is 4.28. The van der Waals surface area contributed by atoms with Crippen LogP contribution in [0.1, 0.15) is 6.92 Å². The number of anilines is 2. The lowest BCUT2D eigenvalue weighted by molar-refractivity contribution is -0.126. The van der Waals surface area contributed by atoms with Crippen molar-refractivity contribution in [2.45, 2.75) is 6.92 Å². The predicted molar refractivity (Wildman–Crippen MR) is 124 cm³/mol. The molecule has 0 aliphatic carbocycles. The summed E-state index contributed by atoms with van der Waals surface area (Å²) in [5.41, 5.74) is 3.49. The first-order chi connectivity index (χ1) is 14.6. The van der Waals surface area contributed by atoms with Crippen molar-refractivity contribution in [2.75, 3.05) is 62.2 Å². The zero-order valence-corrected chi connectivity index (χ0v) is 18.3. The first-order valence-corrected chi connectivity index (χ1v) is 11.0. The van der Waals surface area contributed by atoms with Crippen molar-refractivity contribution in [1.82, 2.24) is 9.80 Å². The van der Waals surface area contributed by atoms with Crippen LogP contribution in [-0.4, -0.2) is 68.1 Å². The maximum Gasteiger partial charge on any atom is 0.248 e. The van der Waals surface area contributed by atoms with Crippen molar-refractivity contribution in [3.05, 3.63) is 71.4 Å². The van der Waals surface area contributed by atoms with Gasteiger partial charge in [0.15, 0.2) is 0 Å². The van der Waals surface area contributed by atoms with E-state index < -0.39 is 0 Å². The Labute approximate surface area is 184 Å². The Morgan fingerprint density at radius 2 is 1.23 bits per heavy atom. The van der Waals surface area contributed by atoms with Gasteiger partial charge < -0.3 is 19.6 Å². The summed E-state index contributed by atoms with van der Waals surface area (Å²) in [4.78, 5) is 21.8. The highest BCUT2D eigenvalue weighted by Gasteiger charge is 2.22. The second-order valence-electron chi connectivity index (χ2n) is 7.88. The number of nitrogens with zero attached hydrogens (tertiary/aromatic N) is 4. The van der Waals surface area contributed by atoms with Crippen LogP contribution in [-0.2, 0) is 4.79 Å². The van der Waals surface area contributed by atoms with E-state index in [0.29, 0.717) is 0 Å². The lowest BCUT2D eigenvalue weighted by Gasteiger charge is -2.38. The molecule has 2 saturated heterocycles. The molecule has 2 heterocycles. The van der Waals surface area contributed by atoms with Crippen LogP contribution in [0.15, 0.2) is 66.4 Å². The van der Waals surface area contributed by atoms with E-state index in [4.69, 9.17) is 11.6 Å². The number of piperazine rings is 2. The molecular formula is C24H29ClN4O. The topological polar surface area (TPSA) is 30.0 Å². The van der Waals surface area contributed by atoms with Crippen LogP contribution in [0.2, 0.25) is 5.02 Å². The third-order valence-corrected chi connectivity index (χ3v) is 6.27. The summed E-state index contributed by atoms with van der Waals surface area (Å²) in [5, 5.41) is 0.763. The fourth-order valence-electron chi connectivity index (χ4n) is 4.15. The number of allylic oxidation sites excluding steroid dienone is 1. The molecule has 0 radical (unpaired) electrons. The Bertz CT molecular complexity index is 868. The molecule has 6 heteroatoms. The summed E-state index contributed by atoms with van der Waals surface area (Å²) in [7, 11) is 0. The normalized spacial score (nSPS) is 18.0. The molecule has 5 nitrogen and oxygen atoms in total. The average molecular weight is 425 g/mol. The second-order valence-corrected chi connectivity index (χ2v) is 8.32. The molecule has 2 aromatic rings. The van der Waals surface area contributed by atoms with Crippen LogP contribution >= 0.6 is 11.6 Å². The van der Waals surface area contributed by atoms with Crippen LogP contribution in [0.4, 0.5) is 11.4 Å². The first kappa shape index (κ1) is 20.6. The summed E-state index contributed by atoms with van der Waals surface area (Å²) in [6.07, 6.45) is 1.82. The molecule has 0 unspecified atom stereocenters. The minimum atomic E-state index is 0.125. The van der Waals surface area contributed by atoms with Gasteiger partial charge in [-0.05, 0) is 43.3 Å². The molecule has 2 fully saturated rings. The summed E-state index contributed by atoms with van der Waals surface area (Å²) in [6.45, 7) is 9.05. The number of carbonyl (C=O) groups excluding carboxylic acids is 1. The molecular weight excluding hydrogens is 396 g/mol. The Morgan fingerprint density at radius 3 is 1.80 bits per heavy atom. The molecule has 0 spiro atoms. The van der Waals surface area contributed by atoms with E-state index in [2.05, 4.69) is 58.0 Å². The number of amides is 1. The second kappa shape index (κ2) is 9.43. The van der Waals surface area contributed by atoms with Crippen LogP contribution < -0.4 is 9.80 Å². The van der Waals surface area contributed by atoms with Gasteiger partial charge in [-0.1, -0.05) is 29.8 Å². The zero-order chi connectivity index (χ0) is 20.9. The molecule has 30 heavy (non-hydrogen) atoms. The molecule has 0 aromatic heterocycles. The highest BCUT2D eigenvalue weighted by molar-refractivity contribution is 6.30. The van der Waals surface area contributed by atoms with Crippen molar-refractivity contribution in [2.24, 2.45) is 0 Å². The minimum Gasteiger partial charge on any atom is -0.371 e. The highest BCUT2D eigenvalue weighted by Crippen LogP contribution is 2.21. The number of para-hydroxylation sites is 1. The van der Waals surface area contributed by atoms with E-state index >= 15 is 0 Å². The Kier molecular flexibility index (Phi) is 6.48. The standard InChI is InChI=1S/C24H29ClN4O/c1-20(26-11-13-28(14-12-26)23-9-7-21(25)8-10-23)19-24(30)29-17-15-27(16-18-29)22-5-3-2-4-6-22/h2-10,19H,11-18H2,1H3. The summed E-state index contributed by atoms with van der Waals surface area (Å²) < 4.78 is 0. The number of benzene rings is 2. The van der Waals surface area contributed by atoms with E-state index in [0.717, 1.165) is 63.1 Å². The van der Waals surface area contributed by atoms with Gasteiger partial charge in [0.05, 0.1) is 0 Å². The van der Waals surface area contributed by atoms with Crippen molar-refractivity contribution < 1.29 is 4.79 Å². The van der Waals surface area contributed by atoms with Gasteiger partial charge in [-0.25, -0.2) is 0 Å². The molecule has 2 aromatic carbocycles. The van der Waals surface area contributed by atoms with Crippen molar-refractivity contribution in [3.63, 3.8) is 0 Å². The molecule has 2 aliphatic heterocycles. The van der Waals surface area contributed by atoms with Gasteiger partial charge >= 0.3 is 0 Å². The number of carbonyl (C=O) groups is 1. The largest absolute Gasteiger partial charge is 0.371 e. The van der Waals surface area contributed by atoms with E-state index in [1.807, 2.05) is 29.2 Å². The Hall–Kier alpha value is -2.66. The summed E-state index contributed by atoms with van der Waals surface area (Å²) in [6, 6.07) is 18.4. The number of halogens is 1. The first-order valence-electron chi connectivity index (χ1n) is 10.6. The van der Waals surface area contributed by atoms with Crippen LogP contribution in [0.5, 0.6) is 0 Å². The molecule has 1 amide bonds. The van der Waals surface area contributed by atoms with Gasteiger partial charge in [-0.15, -0.1) is 0 Å². The predicted octanol–water partition coefficient (Wildman–Crippen LogP) is 3.71. The van der Waals surface area contributed by atoms with E-state index in [1.165, 1.54) is 11.4 Å². The van der Waals surface area contributed by atoms with Gasteiger partial charge in [-0.2, -0.15) is 0 Å². The lowest BCUT2D eigenvalue weighted by Crippen LogP contribution is -2.49. The van der Waals surface area contributed by atoms with Crippen molar-refractivity contribution >= 4 is 28.9 Å². The molecule has 0 atom stereocenters. The van der Waals surface area contributed by atoms with Crippen molar-refractivity contribution in [3.8, 4) is 0 Å². The third-order valence-electron chi connectivity index (χ3n) is 6.02. The molecule has 0 bridgehead atoms. The number of hydrogen-bond acceptors (Lipinski definition) is 4. The Balaban J connectivity index is 1.28. The molecule has 158 valence electrons. The molecule has 2 aliphatic rings. The average Bonchev–Trinajstić information content (AvgIpc) is 2.80. The number of hydrogen-bond donors (Lipinski definition) is 0. The van der Waals surface area contributed by atoms with Crippen LogP contribution in [0.3, 0.4) is 0 Å². The van der Waals surface area contributed by atoms with Crippen molar-refractivity contribution in [1.29, 1.82) is 0 Å². The van der Waals surface area contributed by atoms with E-state index in [-0.39, 0.29) is 5.91 Å². The Morgan fingerprint density at radius 1 is 0.733 bits per heavy atom. The third kappa shape index (κ3) is 4.90. The highest BCUT2D eigenvalue weighted by atomic mass is 35.5. The monoisotopic (exact) mass is 424 g/mol. The molecule has 4 rings (SSSR count). The van der Waals surface area contributed by atoms with Gasteiger partial charge in [0.25, 0.3) is 0 Å². The molecule has 0 saturated carbocycles. The summed E-state index contributed by atoms with van der Waals surface area (Å²) in [5.74, 6) is 0.125. The zero-order valence-electron chi connectivity index (χ0n) is 17.5. The van der Waals surface area contributed by atoms with E-state index in [9.17, 15) is 4.79 Å². The van der Waals surface area contributed by atoms with E-state index in [1.54, 1.807) is 0 Å². The van der Waals surface area contributed by atoms with Crippen LogP contribution in [0.25, 0.3) is 0 Å². The maximum atomic E-state index is 12.8. The SMILES string of the molecule is CC(=CC(=O)N1CCN(c2ccccc2)CC1)N1CCN(c2ccc(Cl)cc2)CC1. The van der Waals surface area contributed by atoms with Crippen LogP contribution in [0, 0.1) is 0 Å². The quantitative estimate of drug-likeness (QED) is 0.700. The van der Waals surface area contributed by atoms with Gasteiger partial charge in [0, 0.05) is 80.5 Å². The maximum absolute atomic E-state index is 12.8. The number of rotatable bonds is 4. The van der Waals surface area contributed by atoms with Gasteiger partial charge in [0.2, 0.25) is 5.91 Å². The lowest BCUT2D eigenvalue weighted by atomic mass is 10.2.